The molecule has 0 unspecified atom stereocenters. The number of nitrogens with one attached hydrogen (secondary N) is 1. The van der Waals surface area contributed by atoms with Gasteiger partial charge < -0.3 is 10.2 Å². The predicted molar refractivity (Wildman–Crippen MR) is 92.6 cm³/mol. The van der Waals surface area contributed by atoms with E-state index in [0.29, 0.717) is 11.6 Å². The highest BCUT2D eigenvalue weighted by Gasteiger charge is 2.44. The highest BCUT2D eigenvalue weighted by Crippen LogP contribution is 2.40. The van der Waals surface area contributed by atoms with Gasteiger partial charge in [0.05, 0.1) is 17.8 Å². The van der Waals surface area contributed by atoms with Crippen molar-refractivity contribution in [1.82, 2.24) is 20.0 Å². The van der Waals surface area contributed by atoms with E-state index in [4.69, 9.17) is 0 Å². The number of carbonyl (C=O) groups is 1. The minimum absolute atomic E-state index is 0.105. The SMILES string of the molecule is Cn1cc(C(=O)N2[C@H](c3ccccc3)C[C@H]3NCCCC[C@@H]32)cn1. The maximum Gasteiger partial charge on any atom is 0.257 e. The van der Waals surface area contributed by atoms with Crippen molar-refractivity contribution >= 4 is 5.91 Å². The van der Waals surface area contributed by atoms with E-state index in [-0.39, 0.29) is 18.0 Å². The van der Waals surface area contributed by atoms with Gasteiger partial charge in [-0.2, -0.15) is 5.10 Å². The maximum absolute atomic E-state index is 13.3. The Labute approximate surface area is 142 Å². The monoisotopic (exact) mass is 324 g/mol. The molecule has 126 valence electrons. The largest absolute Gasteiger partial charge is 0.327 e. The number of amides is 1. The summed E-state index contributed by atoms with van der Waals surface area (Å²) in [5.41, 5.74) is 1.91. The first-order valence-corrected chi connectivity index (χ1v) is 8.83. The normalized spacial score (nSPS) is 26.9. The number of nitrogens with zero attached hydrogens (tertiary/aromatic N) is 3. The lowest BCUT2D eigenvalue weighted by Crippen LogP contribution is -2.44. The number of hydrogen-bond acceptors (Lipinski definition) is 3. The van der Waals surface area contributed by atoms with Crippen molar-refractivity contribution in [1.29, 1.82) is 0 Å². The summed E-state index contributed by atoms with van der Waals surface area (Å²) in [4.78, 5) is 15.4. The molecule has 3 heterocycles. The first-order valence-electron chi connectivity index (χ1n) is 8.83. The lowest BCUT2D eigenvalue weighted by atomic mass is 10.0. The number of rotatable bonds is 2. The Kier molecular flexibility index (Phi) is 4.10. The first-order chi connectivity index (χ1) is 11.7. The second-order valence-electron chi connectivity index (χ2n) is 6.90. The molecular weight excluding hydrogens is 300 g/mol. The van der Waals surface area contributed by atoms with E-state index in [2.05, 4.69) is 39.6 Å². The van der Waals surface area contributed by atoms with E-state index in [9.17, 15) is 4.79 Å². The molecule has 2 aliphatic rings. The molecule has 24 heavy (non-hydrogen) atoms. The summed E-state index contributed by atoms with van der Waals surface area (Å²) < 4.78 is 1.70. The smallest absolute Gasteiger partial charge is 0.257 e. The Bertz CT molecular complexity index is 711. The quantitative estimate of drug-likeness (QED) is 0.923. The van der Waals surface area contributed by atoms with Gasteiger partial charge in [0.25, 0.3) is 5.91 Å². The first kappa shape index (κ1) is 15.4. The third-order valence-corrected chi connectivity index (χ3v) is 5.34. The molecular formula is C19H24N4O. The highest BCUT2D eigenvalue weighted by atomic mass is 16.2. The molecule has 0 saturated carbocycles. The van der Waals surface area contributed by atoms with Crippen LogP contribution in [-0.2, 0) is 7.05 Å². The molecule has 3 atom stereocenters. The topological polar surface area (TPSA) is 50.2 Å². The molecule has 4 rings (SSSR count). The molecule has 2 aromatic rings. The molecule has 1 aromatic carbocycles. The van der Waals surface area contributed by atoms with E-state index in [1.165, 1.54) is 18.4 Å². The molecule has 0 spiro atoms. The van der Waals surface area contributed by atoms with E-state index in [1.54, 1.807) is 10.9 Å². The van der Waals surface area contributed by atoms with Gasteiger partial charge in [-0.05, 0) is 31.4 Å². The second-order valence-corrected chi connectivity index (χ2v) is 6.90. The fourth-order valence-corrected chi connectivity index (χ4v) is 4.21. The van der Waals surface area contributed by atoms with Gasteiger partial charge in [-0.3, -0.25) is 9.48 Å². The molecule has 5 heteroatoms. The second kappa shape index (κ2) is 6.40. The predicted octanol–water partition coefficient (Wildman–Crippen LogP) is 2.52. The van der Waals surface area contributed by atoms with Crippen LogP contribution >= 0.6 is 0 Å². The van der Waals surface area contributed by atoms with Crippen LogP contribution in [0.5, 0.6) is 0 Å². The minimum Gasteiger partial charge on any atom is -0.327 e. The third-order valence-electron chi connectivity index (χ3n) is 5.34. The fraction of sp³-hybridized carbons (Fsp3) is 0.474. The number of hydrogen-bond donors (Lipinski definition) is 1. The minimum atomic E-state index is 0.105. The van der Waals surface area contributed by atoms with Gasteiger partial charge in [-0.15, -0.1) is 0 Å². The van der Waals surface area contributed by atoms with Crippen LogP contribution in [0.3, 0.4) is 0 Å². The van der Waals surface area contributed by atoms with Crippen LogP contribution in [0, 0.1) is 0 Å². The summed E-state index contributed by atoms with van der Waals surface area (Å²) in [6, 6.07) is 11.2. The van der Waals surface area contributed by atoms with Crippen molar-refractivity contribution < 1.29 is 4.79 Å². The van der Waals surface area contributed by atoms with Crippen LogP contribution in [0.2, 0.25) is 0 Å². The molecule has 2 fully saturated rings. The Balaban J connectivity index is 1.70. The Hall–Kier alpha value is -2.14. The maximum atomic E-state index is 13.3. The van der Waals surface area contributed by atoms with Crippen LogP contribution in [0.25, 0.3) is 0 Å². The van der Waals surface area contributed by atoms with Crippen LogP contribution in [-0.4, -0.2) is 39.2 Å². The van der Waals surface area contributed by atoms with E-state index in [0.717, 1.165) is 19.4 Å². The summed E-state index contributed by atoms with van der Waals surface area (Å²) in [7, 11) is 1.85. The zero-order valence-electron chi connectivity index (χ0n) is 14.1. The summed E-state index contributed by atoms with van der Waals surface area (Å²) in [6.07, 6.45) is 7.93. The average molecular weight is 324 g/mol. The lowest BCUT2D eigenvalue weighted by Gasteiger charge is -2.31. The zero-order valence-corrected chi connectivity index (χ0v) is 14.1. The highest BCUT2D eigenvalue weighted by molar-refractivity contribution is 5.94. The molecule has 1 aromatic heterocycles. The number of aromatic nitrogens is 2. The molecule has 2 aliphatic heterocycles. The van der Waals surface area contributed by atoms with Crippen molar-refractivity contribution in [2.24, 2.45) is 7.05 Å². The zero-order chi connectivity index (χ0) is 16.5. The molecule has 1 amide bonds. The number of carbonyl (C=O) groups excluding carboxylic acids is 1. The Morgan fingerprint density at radius 3 is 2.83 bits per heavy atom. The standard InChI is InChI=1S/C19H24N4O/c1-22-13-15(12-21-22)19(24)23-17-9-5-6-10-20-16(17)11-18(23)14-7-3-2-4-8-14/h2-4,7-8,12-13,16-18,20H,5-6,9-11H2,1H3/t16-,17+,18+/m1/s1. The van der Waals surface area contributed by atoms with Gasteiger partial charge in [-0.25, -0.2) is 0 Å². The van der Waals surface area contributed by atoms with Crippen molar-refractivity contribution in [3.05, 3.63) is 53.9 Å². The average Bonchev–Trinajstić information content (AvgIpc) is 3.12. The van der Waals surface area contributed by atoms with Crippen molar-refractivity contribution in [3.63, 3.8) is 0 Å². The van der Waals surface area contributed by atoms with Crippen molar-refractivity contribution in [2.45, 2.75) is 43.8 Å². The van der Waals surface area contributed by atoms with Gasteiger partial charge in [0, 0.05) is 25.3 Å². The number of aryl methyl sites for hydroxylation is 1. The number of likely N-dealkylation sites (tertiary alicyclic amines) is 1. The van der Waals surface area contributed by atoms with Gasteiger partial charge in [0.2, 0.25) is 0 Å². The van der Waals surface area contributed by atoms with Crippen molar-refractivity contribution in [3.8, 4) is 0 Å². The third kappa shape index (κ3) is 2.73. The van der Waals surface area contributed by atoms with Crippen LogP contribution in [0.4, 0.5) is 0 Å². The Morgan fingerprint density at radius 2 is 2.08 bits per heavy atom. The fourth-order valence-electron chi connectivity index (χ4n) is 4.21. The summed E-state index contributed by atoms with van der Waals surface area (Å²) in [5, 5.41) is 7.85. The summed E-state index contributed by atoms with van der Waals surface area (Å²) in [6.45, 7) is 1.05. The van der Waals surface area contributed by atoms with E-state index in [1.807, 2.05) is 19.3 Å². The molecule has 2 saturated heterocycles. The van der Waals surface area contributed by atoms with Crippen molar-refractivity contribution in [2.75, 3.05) is 6.54 Å². The summed E-state index contributed by atoms with van der Waals surface area (Å²) in [5.74, 6) is 0.105. The van der Waals surface area contributed by atoms with Gasteiger partial charge in [-0.1, -0.05) is 36.8 Å². The molecule has 0 bridgehead atoms. The van der Waals surface area contributed by atoms with Crippen LogP contribution in [0.1, 0.15) is 47.6 Å². The van der Waals surface area contributed by atoms with Crippen LogP contribution < -0.4 is 5.32 Å². The van der Waals surface area contributed by atoms with Gasteiger partial charge >= 0.3 is 0 Å². The molecule has 0 aliphatic carbocycles. The van der Waals surface area contributed by atoms with Gasteiger partial charge in [0.1, 0.15) is 0 Å². The molecule has 1 N–H and O–H groups in total. The van der Waals surface area contributed by atoms with E-state index >= 15 is 0 Å². The van der Waals surface area contributed by atoms with E-state index < -0.39 is 0 Å². The number of fused-ring (bicyclic) bond motifs is 1. The molecule has 5 nitrogen and oxygen atoms in total. The van der Waals surface area contributed by atoms with Crippen LogP contribution in [0.15, 0.2) is 42.7 Å². The summed E-state index contributed by atoms with van der Waals surface area (Å²) >= 11 is 0. The lowest BCUT2D eigenvalue weighted by molar-refractivity contribution is 0.0650. The number of benzene rings is 1. The van der Waals surface area contributed by atoms with Gasteiger partial charge in [0.15, 0.2) is 0 Å². The Morgan fingerprint density at radius 1 is 1.25 bits per heavy atom. The molecule has 0 radical (unpaired) electrons.